The first-order chi connectivity index (χ1) is 9.56. The van der Waals surface area contributed by atoms with Crippen molar-refractivity contribution in [2.45, 2.75) is 13.3 Å². The van der Waals surface area contributed by atoms with Crippen LogP contribution in [0.3, 0.4) is 0 Å². The molecule has 0 spiro atoms. The van der Waals surface area contributed by atoms with Crippen LogP contribution in [0.15, 0.2) is 42.5 Å². The van der Waals surface area contributed by atoms with Crippen LogP contribution >= 0.6 is 0 Å². The van der Waals surface area contributed by atoms with Gasteiger partial charge in [-0.2, -0.15) is 0 Å². The topological polar surface area (TPSA) is 29.1 Å². The van der Waals surface area contributed by atoms with E-state index < -0.39 is 5.82 Å². The van der Waals surface area contributed by atoms with E-state index in [2.05, 4.69) is 5.32 Å². The van der Waals surface area contributed by atoms with Crippen molar-refractivity contribution in [2.75, 3.05) is 6.54 Å². The molecule has 2 aromatic rings. The monoisotopic (exact) mass is 275 g/mol. The van der Waals surface area contributed by atoms with Crippen LogP contribution in [0.2, 0.25) is 0 Å². The Hall–Kier alpha value is -2.23. The summed E-state index contributed by atoms with van der Waals surface area (Å²) in [5.74, 6) is -1.03. The molecule has 0 bridgehead atoms. The van der Waals surface area contributed by atoms with Gasteiger partial charge in [-0.15, -0.1) is 0 Å². The average molecular weight is 275 g/mol. The molecule has 0 aliphatic heterocycles. The van der Waals surface area contributed by atoms with Crippen molar-refractivity contribution < 1.29 is 13.6 Å². The number of rotatable bonds is 4. The van der Waals surface area contributed by atoms with Gasteiger partial charge in [0.25, 0.3) is 5.91 Å². The zero-order valence-electron chi connectivity index (χ0n) is 11.1. The molecule has 0 saturated heterocycles. The predicted octanol–water partition coefficient (Wildman–Crippen LogP) is 3.25. The van der Waals surface area contributed by atoms with Gasteiger partial charge in [0.2, 0.25) is 0 Å². The van der Waals surface area contributed by atoms with E-state index in [0.717, 1.165) is 5.56 Å². The smallest absolute Gasteiger partial charge is 0.251 e. The Balaban J connectivity index is 1.90. The largest absolute Gasteiger partial charge is 0.352 e. The Kier molecular flexibility index (Phi) is 4.45. The lowest BCUT2D eigenvalue weighted by atomic mass is 10.1. The van der Waals surface area contributed by atoms with Crippen molar-refractivity contribution in [3.8, 4) is 0 Å². The number of hydrogen-bond donors (Lipinski definition) is 1. The summed E-state index contributed by atoms with van der Waals surface area (Å²) in [5, 5.41) is 2.69. The number of carbonyl (C=O) groups is 1. The van der Waals surface area contributed by atoms with Crippen LogP contribution in [0.5, 0.6) is 0 Å². The minimum absolute atomic E-state index is 0.285. The highest BCUT2D eigenvalue weighted by atomic mass is 19.1. The van der Waals surface area contributed by atoms with Crippen LogP contribution in [-0.2, 0) is 6.42 Å². The number of amides is 1. The first-order valence-electron chi connectivity index (χ1n) is 6.35. The minimum atomic E-state index is -0.400. The zero-order chi connectivity index (χ0) is 14.5. The molecule has 2 aromatic carbocycles. The van der Waals surface area contributed by atoms with Crippen molar-refractivity contribution in [2.24, 2.45) is 0 Å². The third kappa shape index (κ3) is 3.63. The maximum Gasteiger partial charge on any atom is 0.251 e. The zero-order valence-corrected chi connectivity index (χ0v) is 11.1. The number of hydrogen-bond acceptors (Lipinski definition) is 1. The molecule has 4 heteroatoms. The molecule has 0 aliphatic rings. The summed E-state index contributed by atoms with van der Waals surface area (Å²) in [6.45, 7) is 2.01. The van der Waals surface area contributed by atoms with Crippen molar-refractivity contribution in [3.05, 3.63) is 70.8 Å². The average Bonchev–Trinajstić information content (AvgIpc) is 2.42. The van der Waals surface area contributed by atoms with Gasteiger partial charge in [0.15, 0.2) is 0 Å². The van der Waals surface area contributed by atoms with Crippen LogP contribution in [0, 0.1) is 18.6 Å². The van der Waals surface area contributed by atoms with E-state index >= 15 is 0 Å². The van der Waals surface area contributed by atoms with Gasteiger partial charge in [-0.05, 0) is 48.7 Å². The maximum absolute atomic E-state index is 13.3. The Morgan fingerprint density at radius 1 is 1.15 bits per heavy atom. The molecule has 1 amide bonds. The SMILES string of the molecule is Cc1ccc(C(=O)NCCc2cccc(F)c2)cc1F. The molecule has 0 heterocycles. The fourth-order valence-corrected chi connectivity index (χ4v) is 1.85. The maximum atomic E-state index is 13.3. The second-order valence-corrected chi connectivity index (χ2v) is 4.60. The normalized spacial score (nSPS) is 10.3. The highest BCUT2D eigenvalue weighted by molar-refractivity contribution is 5.94. The molecule has 2 rings (SSSR count). The fourth-order valence-electron chi connectivity index (χ4n) is 1.85. The van der Waals surface area contributed by atoms with Gasteiger partial charge in [-0.25, -0.2) is 8.78 Å². The predicted molar refractivity (Wildman–Crippen MR) is 73.6 cm³/mol. The first-order valence-corrected chi connectivity index (χ1v) is 6.35. The Morgan fingerprint density at radius 2 is 1.95 bits per heavy atom. The number of benzene rings is 2. The summed E-state index contributed by atoms with van der Waals surface area (Å²) in [4.78, 5) is 11.8. The molecule has 0 unspecified atom stereocenters. The fraction of sp³-hybridized carbons (Fsp3) is 0.188. The molecular weight excluding hydrogens is 260 g/mol. The summed E-state index contributed by atoms with van der Waals surface area (Å²) < 4.78 is 26.3. The number of nitrogens with one attached hydrogen (secondary N) is 1. The van der Waals surface area contributed by atoms with Gasteiger partial charge < -0.3 is 5.32 Å². The molecule has 0 aromatic heterocycles. The lowest BCUT2D eigenvalue weighted by Gasteiger charge is -2.06. The van der Waals surface area contributed by atoms with Crippen molar-refractivity contribution in [1.82, 2.24) is 5.32 Å². The summed E-state index contributed by atoms with van der Waals surface area (Å²) in [6, 6.07) is 10.6. The molecule has 0 atom stereocenters. The molecule has 0 saturated carbocycles. The van der Waals surface area contributed by atoms with Crippen molar-refractivity contribution in [3.63, 3.8) is 0 Å². The van der Waals surface area contributed by atoms with Crippen LogP contribution in [0.25, 0.3) is 0 Å². The molecule has 2 nitrogen and oxygen atoms in total. The quantitative estimate of drug-likeness (QED) is 0.911. The minimum Gasteiger partial charge on any atom is -0.352 e. The van der Waals surface area contributed by atoms with Crippen LogP contribution in [0.4, 0.5) is 8.78 Å². The van der Waals surface area contributed by atoms with Gasteiger partial charge in [0.05, 0.1) is 0 Å². The summed E-state index contributed by atoms with van der Waals surface area (Å²) in [5.41, 5.74) is 1.59. The van der Waals surface area contributed by atoms with Gasteiger partial charge in [-0.1, -0.05) is 18.2 Å². The summed E-state index contributed by atoms with van der Waals surface area (Å²) in [7, 11) is 0. The van der Waals surface area contributed by atoms with Crippen LogP contribution in [-0.4, -0.2) is 12.5 Å². The Bertz CT molecular complexity index is 626. The van der Waals surface area contributed by atoms with Gasteiger partial charge >= 0.3 is 0 Å². The molecule has 0 aliphatic carbocycles. The highest BCUT2D eigenvalue weighted by Crippen LogP contribution is 2.09. The Morgan fingerprint density at radius 3 is 2.65 bits per heavy atom. The summed E-state index contributed by atoms with van der Waals surface area (Å²) >= 11 is 0. The lowest BCUT2D eigenvalue weighted by Crippen LogP contribution is -2.25. The third-order valence-corrected chi connectivity index (χ3v) is 3.02. The molecular formula is C16H15F2NO. The lowest BCUT2D eigenvalue weighted by molar-refractivity contribution is 0.0953. The number of aryl methyl sites for hydroxylation is 1. The Labute approximate surface area is 116 Å². The number of halogens is 2. The van der Waals surface area contributed by atoms with E-state index in [4.69, 9.17) is 0 Å². The van der Waals surface area contributed by atoms with Gasteiger partial charge in [0, 0.05) is 12.1 Å². The van der Waals surface area contributed by atoms with E-state index in [1.165, 1.54) is 18.2 Å². The van der Waals surface area contributed by atoms with E-state index in [0.29, 0.717) is 18.5 Å². The van der Waals surface area contributed by atoms with Crippen LogP contribution < -0.4 is 5.32 Å². The van der Waals surface area contributed by atoms with Crippen LogP contribution in [0.1, 0.15) is 21.5 Å². The van der Waals surface area contributed by atoms with Crippen molar-refractivity contribution >= 4 is 5.91 Å². The molecule has 0 fully saturated rings. The third-order valence-electron chi connectivity index (χ3n) is 3.02. The van der Waals surface area contributed by atoms with Gasteiger partial charge in [0.1, 0.15) is 11.6 Å². The standard InChI is InChI=1S/C16H15F2NO/c1-11-5-6-13(10-15(11)18)16(20)19-8-7-12-3-2-4-14(17)9-12/h2-6,9-10H,7-8H2,1H3,(H,19,20). The first kappa shape index (κ1) is 14.2. The molecule has 1 N–H and O–H groups in total. The molecule has 104 valence electrons. The van der Waals surface area contributed by atoms with E-state index in [9.17, 15) is 13.6 Å². The van der Waals surface area contributed by atoms with Gasteiger partial charge in [-0.3, -0.25) is 4.79 Å². The highest BCUT2D eigenvalue weighted by Gasteiger charge is 2.07. The molecule has 20 heavy (non-hydrogen) atoms. The van der Waals surface area contributed by atoms with E-state index in [-0.39, 0.29) is 17.3 Å². The second-order valence-electron chi connectivity index (χ2n) is 4.60. The van der Waals surface area contributed by atoms with Crippen molar-refractivity contribution in [1.29, 1.82) is 0 Å². The molecule has 0 radical (unpaired) electrons. The number of carbonyl (C=O) groups excluding carboxylic acids is 1. The van der Waals surface area contributed by atoms with E-state index in [1.54, 1.807) is 31.2 Å². The van der Waals surface area contributed by atoms with E-state index in [1.807, 2.05) is 0 Å². The summed E-state index contributed by atoms with van der Waals surface area (Å²) in [6.07, 6.45) is 0.526. The second kappa shape index (κ2) is 6.28.